The molecule has 48 heavy (non-hydrogen) atoms. The molecule has 2 fully saturated rings. The molecule has 0 radical (unpaired) electrons. The van der Waals surface area contributed by atoms with Gasteiger partial charge in [0.25, 0.3) is 0 Å². The number of aromatic nitrogens is 5. The second-order valence-corrected chi connectivity index (χ2v) is 12.4. The van der Waals surface area contributed by atoms with Crippen molar-refractivity contribution >= 4 is 28.2 Å². The maximum absolute atomic E-state index is 16.8. The van der Waals surface area contributed by atoms with Gasteiger partial charge in [-0.1, -0.05) is 0 Å². The highest BCUT2D eigenvalue weighted by molar-refractivity contribution is 5.97. The Morgan fingerprint density at radius 3 is 2.62 bits per heavy atom. The van der Waals surface area contributed by atoms with Crippen LogP contribution in [0.4, 0.5) is 43.7 Å². The first-order chi connectivity index (χ1) is 22.8. The molecule has 4 N–H and O–H groups in total. The van der Waals surface area contributed by atoms with Gasteiger partial charge in [-0.3, -0.25) is 9.88 Å². The molecule has 3 aromatic heterocycles. The summed E-state index contributed by atoms with van der Waals surface area (Å²) in [5, 5.41) is -0.0406. The Kier molecular flexibility index (Phi) is 7.64. The van der Waals surface area contributed by atoms with Crippen LogP contribution in [-0.4, -0.2) is 74.4 Å². The number of anilines is 3. The average molecular weight is 676 g/mol. The molecular weight excluding hydrogens is 644 g/mol. The van der Waals surface area contributed by atoms with Crippen LogP contribution in [0, 0.1) is 18.6 Å². The van der Waals surface area contributed by atoms with Gasteiger partial charge in [-0.25, -0.2) is 23.1 Å². The van der Waals surface area contributed by atoms with Crippen LogP contribution in [0.15, 0.2) is 18.5 Å². The van der Waals surface area contributed by atoms with Gasteiger partial charge in [-0.15, -0.1) is 0 Å². The Morgan fingerprint density at radius 2 is 1.88 bits per heavy atom. The standard InChI is InChI=1S/C31H31F6N9O2/c1-14-20(31(35,36)37)17(10-18(38)21(14)33)24-22(34)25-19-27(44-29(43-25)48-13-30-4-3-7-45(30)12-16(32)11-30)46(8-9-47-28(19)42-24)15(2)23-26(39)41-6-5-40-23/h5-6,10,15-16H,3-4,7-9,11-13,38H2,1-2H3,(H2,39,41)/t15-,16-,30+/m1/s1. The molecule has 4 aromatic rings. The summed E-state index contributed by atoms with van der Waals surface area (Å²) in [5.74, 6) is -2.56. The number of nitrogens with zero attached hydrogens (tertiary/aromatic N) is 7. The summed E-state index contributed by atoms with van der Waals surface area (Å²) < 4.78 is 101. The molecule has 3 aliphatic heterocycles. The SMILES string of the molecule is Cc1c(F)c(N)cc(-c2nc3c4c(nc(OC[C@@]56CCCN5C[C@H](F)C6)nc4c2F)N([C@H](C)c2nccnc2N)CCO3)c1C(F)(F)F. The minimum absolute atomic E-state index is 0.000141. The van der Waals surface area contributed by atoms with Crippen molar-refractivity contribution in [3.05, 3.63) is 46.9 Å². The van der Waals surface area contributed by atoms with Gasteiger partial charge < -0.3 is 25.8 Å². The molecule has 1 aromatic carbocycles. The number of nitrogen functional groups attached to an aromatic ring is 2. The van der Waals surface area contributed by atoms with E-state index in [4.69, 9.17) is 20.9 Å². The van der Waals surface area contributed by atoms with E-state index >= 15 is 4.39 Å². The molecule has 0 bridgehead atoms. The van der Waals surface area contributed by atoms with Crippen molar-refractivity contribution in [3.8, 4) is 23.1 Å². The maximum atomic E-state index is 16.8. The van der Waals surface area contributed by atoms with Gasteiger partial charge >= 0.3 is 12.2 Å². The zero-order valence-electron chi connectivity index (χ0n) is 25.9. The Bertz CT molecular complexity index is 1930. The summed E-state index contributed by atoms with van der Waals surface area (Å²) in [6.07, 6.45) is -1.48. The second-order valence-electron chi connectivity index (χ2n) is 12.4. The molecule has 254 valence electrons. The maximum Gasteiger partial charge on any atom is 0.417 e. The van der Waals surface area contributed by atoms with Gasteiger partial charge in [0.15, 0.2) is 5.82 Å². The van der Waals surface area contributed by atoms with Crippen LogP contribution in [0.2, 0.25) is 0 Å². The molecule has 7 rings (SSSR count). The number of rotatable bonds is 6. The summed E-state index contributed by atoms with van der Waals surface area (Å²) in [4.78, 5) is 25.4. The Hall–Kier alpha value is -4.67. The van der Waals surface area contributed by atoms with E-state index in [-0.39, 0.29) is 61.6 Å². The van der Waals surface area contributed by atoms with Gasteiger partial charge in [0, 0.05) is 30.9 Å². The van der Waals surface area contributed by atoms with Crippen molar-refractivity contribution in [1.29, 1.82) is 0 Å². The molecular formula is C31H31F6N9O2. The van der Waals surface area contributed by atoms with E-state index in [1.54, 1.807) is 11.8 Å². The van der Waals surface area contributed by atoms with Crippen LogP contribution >= 0.6 is 0 Å². The normalized spacial score (nSPS) is 21.7. The summed E-state index contributed by atoms with van der Waals surface area (Å²) in [5.41, 5.74) is 6.72. The Morgan fingerprint density at radius 1 is 1.10 bits per heavy atom. The predicted octanol–water partition coefficient (Wildman–Crippen LogP) is 5.17. The van der Waals surface area contributed by atoms with Crippen molar-refractivity contribution < 1.29 is 35.8 Å². The Labute approximate surface area is 270 Å². The topological polar surface area (TPSA) is 141 Å². The fraction of sp³-hybridized carbons (Fsp3) is 0.452. The van der Waals surface area contributed by atoms with Gasteiger partial charge in [-0.05, 0) is 44.9 Å². The number of benzene rings is 1. The van der Waals surface area contributed by atoms with Gasteiger partial charge in [0.05, 0.1) is 29.4 Å². The van der Waals surface area contributed by atoms with E-state index in [9.17, 15) is 22.0 Å². The molecule has 0 aliphatic carbocycles. The first-order valence-corrected chi connectivity index (χ1v) is 15.3. The molecule has 6 heterocycles. The average Bonchev–Trinajstić information content (AvgIpc) is 3.49. The fourth-order valence-corrected chi connectivity index (χ4v) is 7.23. The first kappa shape index (κ1) is 31.9. The summed E-state index contributed by atoms with van der Waals surface area (Å²) in [7, 11) is 0. The van der Waals surface area contributed by atoms with Gasteiger partial charge in [-0.2, -0.15) is 23.1 Å². The van der Waals surface area contributed by atoms with Crippen LogP contribution in [-0.2, 0) is 6.18 Å². The quantitative estimate of drug-likeness (QED) is 0.207. The van der Waals surface area contributed by atoms with E-state index in [0.29, 0.717) is 24.7 Å². The largest absolute Gasteiger partial charge is 0.475 e. The van der Waals surface area contributed by atoms with E-state index < -0.39 is 69.2 Å². The minimum Gasteiger partial charge on any atom is -0.475 e. The monoisotopic (exact) mass is 675 g/mol. The zero-order chi connectivity index (χ0) is 34.1. The van der Waals surface area contributed by atoms with Gasteiger partial charge in [0.1, 0.15) is 59.1 Å². The molecule has 11 nitrogen and oxygen atoms in total. The number of hydrogen-bond acceptors (Lipinski definition) is 11. The predicted molar refractivity (Wildman–Crippen MR) is 163 cm³/mol. The lowest BCUT2D eigenvalue weighted by Crippen LogP contribution is -2.43. The number of ether oxygens (including phenoxy) is 2. The fourth-order valence-electron chi connectivity index (χ4n) is 7.23. The highest BCUT2D eigenvalue weighted by Gasteiger charge is 2.49. The molecule has 0 unspecified atom stereocenters. The van der Waals surface area contributed by atoms with Crippen molar-refractivity contribution in [1.82, 2.24) is 29.8 Å². The summed E-state index contributed by atoms with van der Waals surface area (Å²) in [6, 6.07) is -0.206. The number of fused-ring (bicyclic) bond motifs is 1. The highest BCUT2D eigenvalue weighted by Crippen LogP contribution is 2.47. The van der Waals surface area contributed by atoms with Crippen LogP contribution in [0.5, 0.6) is 11.9 Å². The second kappa shape index (κ2) is 11.5. The van der Waals surface area contributed by atoms with E-state index in [1.807, 2.05) is 4.90 Å². The molecule has 0 amide bonds. The van der Waals surface area contributed by atoms with Crippen molar-refractivity contribution in [3.63, 3.8) is 0 Å². The van der Waals surface area contributed by atoms with E-state index in [1.165, 1.54) is 12.4 Å². The van der Waals surface area contributed by atoms with Crippen LogP contribution in [0.25, 0.3) is 22.2 Å². The van der Waals surface area contributed by atoms with Gasteiger partial charge in [0.2, 0.25) is 5.88 Å². The summed E-state index contributed by atoms with van der Waals surface area (Å²) >= 11 is 0. The van der Waals surface area contributed by atoms with E-state index in [0.717, 1.165) is 13.3 Å². The molecule has 2 saturated heterocycles. The van der Waals surface area contributed by atoms with Crippen LogP contribution < -0.4 is 25.8 Å². The third-order valence-electron chi connectivity index (χ3n) is 9.47. The van der Waals surface area contributed by atoms with Crippen molar-refractivity contribution in [2.75, 3.05) is 49.2 Å². The first-order valence-electron chi connectivity index (χ1n) is 15.3. The molecule has 0 saturated carbocycles. The van der Waals surface area contributed by atoms with E-state index in [2.05, 4.69) is 24.9 Å². The number of pyridine rings is 1. The molecule has 17 heteroatoms. The number of nitrogens with two attached hydrogens (primary N) is 2. The van der Waals surface area contributed by atoms with Crippen molar-refractivity contribution in [2.24, 2.45) is 0 Å². The third kappa shape index (κ3) is 5.14. The zero-order valence-corrected chi connectivity index (χ0v) is 25.9. The number of alkyl halides is 4. The lowest BCUT2D eigenvalue weighted by molar-refractivity contribution is -0.137. The highest BCUT2D eigenvalue weighted by atomic mass is 19.4. The molecule has 0 spiro atoms. The third-order valence-corrected chi connectivity index (χ3v) is 9.47. The number of halogens is 6. The summed E-state index contributed by atoms with van der Waals surface area (Å²) in [6.45, 7) is 3.72. The Balaban J connectivity index is 1.44. The molecule has 3 atom stereocenters. The minimum atomic E-state index is -5.10. The lowest BCUT2D eigenvalue weighted by atomic mass is 9.95. The molecule has 3 aliphatic rings. The lowest BCUT2D eigenvalue weighted by Gasteiger charge is -2.31. The van der Waals surface area contributed by atoms with Crippen molar-refractivity contribution in [2.45, 2.75) is 57.0 Å². The van der Waals surface area contributed by atoms with Crippen LogP contribution in [0.3, 0.4) is 0 Å². The smallest absolute Gasteiger partial charge is 0.417 e. The van der Waals surface area contributed by atoms with Crippen LogP contribution in [0.1, 0.15) is 49.0 Å². The number of hydrogen-bond donors (Lipinski definition) is 2.